The first kappa shape index (κ1) is 25.6. The van der Waals surface area contributed by atoms with E-state index in [0.717, 1.165) is 18.5 Å². The summed E-state index contributed by atoms with van der Waals surface area (Å²) in [5.74, 6) is 0.978. The summed E-state index contributed by atoms with van der Waals surface area (Å²) in [6.07, 6.45) is 1.92. The smallest absolute Gasteiger partial charge is 0.407 e. The molecule has 1 saturated carbocycles. The highest BCUT2D eigenvalue weighted by Crippen LogP contribution is 2.40. The number of carbonyl (C=O) groups is 1. The molecule has 10 heteroatoms. The van der Waals surface area contributed by atoms with E-state index in [9.17, 15) is 9.90 Å². The van der Waals surface area contributed by atoms with E-state index in [1.165, 1.54) is 18.3 Å². The van der Waals surface area contributed by atoms with Gasteiger partial charge in [0, 0.05) is 34.2 Å². The monoisotopic (exact) mass is 522 g/mol. The molecule has 200 valence electrons. The molecule has 1 amide bonds. The van der Waals surface area contributed by atoms with Crippen LogP contribution in [0.3, 0.4) is 0 Å². The van der Waals surface area contributed by atoms with E-state index >= 15 is 4.39 Å². The lowest BCUT2D eigenvalue weighted by Crippen LogP contribution is -2.56. The second-order valence-electron chi connectivity index (χ2n) is 10.7. The largest absolute Gasteiger partial charge is 0.493 e. The Bertz CT molecular complexity index is 1510. The predicted molar refractivity (Wildman–Crippen MR) is 141 cm³/mol. The van der Waals surface area contributed by atoms with Crippen LogP contribution in [0.1, 0.15) is 39.3 Å². The molecule has 0 saturated heterocycles. The third-order valence-corrected chi connectivity index (χ3v) is 6.91. The SMILES string of the molecule is COc1cc2c(Oc3ccc4[nH]c(C)cc4c3F)ncnc2cc1OC[C@H]1C[C@@H](N(C(=O)O)C(C)(C)C)C1. The van der Waals surface area contributed by atoms with Gasteiger partial charge in [0.15, 0.2) is 23.1 Å². The van der Waals surface area contributed by atoms with Crippen molar-refractivity contribution in [1.29, 1.82) is 0 Å². The number of hydrogen-bond acceptors (Lipinski definition) is 6. The zero-order valence-electron chi connectivity index (χ0n) is 22.0. The lowest BCUT2D eigenvalue weighted by Gasteiger charge is -2.47. The van der Waals surface area contributed by atoms with Crippen molar-refractivity contribution >= 4 is 27.9 Å². The van der Waals surface area contributed by atoms with Gasteiger partial charge in [-0.25, -0.2) is 19.2 Å². The van der Waals surface area contributed by atoms with Crippen molar-refractivity contribution in [2.24, 2.45) is 5.92 Å². The number of ether oxygens (including phenoxy) is 3. The summed E-state index contributed by atoms with van der Waals surface area (Å²) in [5.41, 5.74) is 1.64. The van der Waals surface area contributed by atoms with Gasteiger partial charge in [-0.2, -0.15) is 0 Å². The molecule has 0 spiro atoms. The van der Waals surface area contributed by atoms with Gasteiger partial charge in [-0.3, -0.25) is 0 Å². The molecule has 0 bridgehead atoms. The molecular formula is C28H31FN4O5. The molecule has 0 unspecified atom stereocenters. The van der Waals surface area contributed by atoms with E-state index in [1.807, 2.05) is 27.7 Å². The third-order valence-electron chi connectivity index (χ3n) is 6.91. The summed E-state index contributed by atoms with van der Waals surface area (Å²) in [5, 5.41) is 10.6. The van der Waals surface area contributed by atoms with Gasteiger partial charge in [-0.15, -0.1) is 0 Å². The Morgan fingerprint density at radius 3 is 2.58 bits per heavy atom. The normalized spacial score (nSPS) is 17.3. The molecule has 1 aliphatic carbocycles. The lowest BCUT2D eigenvalue weighted by molar-refractivity contribution is 0.00651. The number of nitrogens with one attached hydrogen (secondary N) is 1. The summed E-state index contributed by atoms with van der Waals surface area (Å²) in [7, 11) is 1.54. The highest BCUT2D eigenvalue weighted by atomic mass is 19.1. The van der Waals surface area contributed by atoms with Crippen molar-refractivity contribution in [2.45, 2.75) is 52.1 Å². The Hall–Kier alpha value is -4.08. The lowest BCUT2D eigenvalue weighted by atomic mass is 9.78. The number of aromatic amines is 1. The molecular weight excluding hydrogens is 491 g/mol. The minimum atomic E-state index is -0.904. The van der Waals surface area contributed by atoms with E-state index in [0.29, 0.717) is 39.9 Å². The minimum Gasteiger partial charge on any atom is -0.493 e. The summed E-state index contributed by atoms with van der Waals surface area (Å²) >= 11 is 0. The van der Waals surface area contributed by atoms with Crippen LogP contribution in [0.2, 0.25) is 0 Å². The fourth-order valence-electron chi connectivity index (χ4n) is 5.11. The quantitative estimate of drug-likeness (QED) is 0.293. The Labute approximate surface area is 219 Å². The van der Waals surface area contributed by atoms with Crippen molar-refractivity contribution < 1.29 is 28.5 Å². The second kappa shape index (κ2) is 9.66. The molecule has 1 fully saturated rings. The number of amides is 1. The van der Waals surface area contributed by atoms with Crippen molar-refractivity contribution in [1.82, 2.24) is 19.9 Å². The molecule has 0 atom stereocenters. The molecule has 0 radical (unpaired) electrons. The Morgan fingerprint density at radius 2 is 1.89 bits per heavy atom. The Morgan fingerprint density at radius 1 is 1.13 bits per heavy atom. The first-order chi connectivity index (χ1) is 18.0. The van der Waals surface area contributed by atoms with Gasteiger partial charge in [-0.1, -0.05) is 0 Å². The minimum absolute atomic E-state index is 0.0261. The number of rotatable bonds is 7. The molecule has 2 heterocycles. The predicted octanol–water partition coefficient (Wildman–Crippen LogP) is 6.30. The Balaban J connectivity index is 1.33. The van der Waals surface area contributed by atoms with Gasteiger partial charge in [0.25, 0.3) is 0 Å². The van der Waals surface area contributed by atoms with Gasteiger partial charge in [0.1, 0.15) is 6.33 Å². The van der Waals surface area contributed by atoms with Gasteiger partial charge in [0.05, 0.1) is 24.6 Å². The maximum Gasteiger partial charge on any atom is 0.407 e. The second-order valence-corrected chi connectivity index (χ2v) is 10.7. The molecule has 9 nitrogen and oxygen atoms in total. The zero-order chi connectivity index (χ0) is 27.2. The van der Waals surface area contributed by atoms with E-state index in [-0.39, 0.29) is 23.6 Å². The van der Waals surface area contributed by atoms with Crippen LogP contribution >= 0.6 is 0 Å². The number of aryl methyl sites for hydroxylation is 1. The topological polar surface area (TPSA) is 110 Å². The number of carboxylic acid groups (broad SMARTS) is 1. The number of nitrogens with zero attached hydrogens (tertiary/aromatic N) is 3. The molecule has 0 aliphatic heterocycles. The summed E-state index contributed by atoms with van der Waals surface area (Å²) in [6, 6.07) is 8.49. The van der Waals surface area contributed by atoms with E-state index < -0.39 is 17.4 Å². The molecule has 5 rings (SSSR count). The highest BCUT2D eigenvalue weighted by molar-refractivity contribution is 5.87. The van der Waals surface area contributed by atoms with Crippen molar-refractivity contribution in [2.75, 3.05) is 13.7 Å². The number of H-pyrrole nitrogens is 1. The van der Waals surface area contributed by atoms with Crippen LogP contribution in [0, 0.1) is 18.7 Å². The first-order valence-corrected chi connectivity index (χ1v) is 12.5. The van der Waals surface area contributed by atoms with E-state index in [2.05, 4.69) is 15.0 Å². The molecule has 2 aromatic heterocycles. The highest BCUT2D eigenvalue weighted by Gasteiger charge is 2.41. The van der Waals surface area contributed by atoms with Crippen molar-refractivity contribution in [3.05, 3.63) is 48.2 Å². The number of hydrogen-bond donors (Lipinski definition) is 2. The van der Waals surface area contributed by atoms with Crippen LogP contribution in [0.25, 0.3) is 21.8 Å². The van der Waals surface area contributed by atoms with Gasteiger partial charge in [0.2, 0.25) is 5.88 Å². The molecule has 38 heavy (non-hydrogen) atoms. The van der Waals surface area contributed by atoms with Crippen LogP contribution in [-0.4, -0.2) is 56.3 Å². The molecule has 2 aromatic carbocycles. The number of halogens is 1. The Kier molecular flexibility index (Phi) is 6.50. The van der Waals surface area contributed by atoms with E-state index in [1.54, 1.807) is 30.3 Å². The fraction of sp³-hybridized carbons (Fsp3) is 0.393. The number of fused-ring (bicyclic) bond motifs is 2. The number of aromatic nitrogens is 3. The average Bonchev–Trinajstić information content (AvgIpc) is 3.21. The van der Waals surface area contributed by atoms with Crippen LogP contribution in [-0.2, 0) is 0 Å². The van der Waals surface area contributed by atoms with Gasteiger partial charge >= 0.3 is 6.09 Å². The fourth-order valence-corrected chi connectivity index (χ4v) is 5.11. The van der Waals surface area contributed by atoms with Gasteiger partial charge < -0.3 is 29.2 Å². The van der Waals surface area contributed by atoms with Crippen LogP contribution in [0.5, 0.6) is 23.1 Å². The van der Waals surface area contributed by atoms with Crippen LogP contribution in [0.4, 0.5) is 9.18 Å². The summed E-state index contributed by atoms with van der Waals surface area (Å²) in [4.78, 5) is 24.9. The van der Waals surface area contributed by atoms with Crippen LogP contribution < -0.4 is 14.2 Å². The zero-order valence-corrected chi connectivity index (χ0v) is 22.0. The molecule has 4 aromatic rings. The van der Waals surface area contributed by atoms with Gasteiger partial charge in [-0.05, 0) is 70.7 Å². The summed E-state index contributed by atoms with van der Waals surface area (Å²) < 4.78 is 32.7. The summed E-state index contributed by atoms with van der Waals surface area (Å²) in [6.45, 7) is 7.99. The van der Waals surface area contributed by atoms with Crippen LogP contribution in [0.15, 0.2) is 36.7 Å². The van der Waals surface area contributed by atoms with E-state index in [4.69, 9.17) is 14.2 Å². The van der Waals surface area contributed by atoms with Crippen molar-refractivity contribution in [3.8, 4) is 23.1 Å². The number of methoxy groups -OCH3 is 1. The molecule has 1 aliphatic rings. The average molecular weight is 523 g/mol. The first-order valence-electron chi connectivity index (χ1n) is 12.5. The maximum atomic E-state index is 15.1. The third kappa shape index (κ3) is 4.78. The van der Waals surface area contributed by atoms with Crippen molar-refractivity contribution in [3.63, 3.8) is 0 Å². The standard InChI is InChI=1S/C28H31FN4O5/c1-15-8-18-20(32-15)6-7-22(25(18)29)38-26-19-11-23(36-5)24(12-21(19)30-14-31-26)37-13-16-9-17(10-16)33(27(34)35)28(2,3)4/h6-8,11-12,14,16-17,32H,9-10,13H2,1-5H3,(H,34,35)/t16-,17+. The molecule has 2 N–H and O–H groups in total. The maximum absolute atomic E-state index is 15.1. The number of benzene rings is 2.